The first-order valence-corrected chi connectivity index (χ1v) is 8.39. The van der Waals surface area contributed by atoms with E-state index < -0.39 is 5.97 Å². The Morgan fingerprint density at radius 1 is 1.04 bits per heavy atom. The lowest BCUT2D eigenvalue weighted by Crippen LogP contribution is -2.08. The highest BCUT2D eigenvalue weighted by molar-refractivity contribution is 6.30. The normalized spacial score (nSPS) is 10.3. The van der Waals surface area contributed by atoms with Gasteiger partial charge in [0.2, 0.25) is 0 Å². The Labute approximate surface area is 155 Å². The molecule has 0 aliphatic rings. The summed E-state index contributed by atoms with van der Waals surface area (Å²) in [6.45, 7) is 0.683. The highest BCUT2D eigenvalue weighted by atomic mass is 35.5. The molecular weight excluding hydrogens is 352 g/mol. The van der Waals surface area contributed by atoms with Gasteiger partial charge in [0, 0.05) is 17.6 Å². The molecule has 3 rings (SSSR count). The third-order valence-corrected chi connectivity index (χ3v) is 3.93. The Morgan fingerprint density at radius 3 is 2.65 bits per heavy atom. The van der Waals surface area contributed by atoms with E-state index in [1.54, 1.807) is 24.3 Å². The molecule has 0 saturated heterocycles. The van der Waals surface area contributed by atoms with Crippen molar-refractivity contribution in [3.8, 4) is 0 Å². The molecule has 0 fully saturated rings. The summed E-state index contributed by atoms with van der Waals surface area (Å²) in [5.74, 6) is 0.165. The zero-order valence-corrected chi connectivity index (χ0v) is 14.6. The van der Waals surface area contributed by atoms with Gasteiger partial charge < -0.3 is 15.7 Å². The molecule has 6 nitrogen and oxygen atoms in total. The van der Waals surface area contributed by atoms with E-state index in [4.69, 9.17) is 11.6 Å². The fourth-order valence-corrected chi connectivity index (χ4v) is 2.68. The Kier molecular flexibility index (Phi) is 5.66. The number of aromatic carboxylic acids is 1. The predicted molar refractivity (Wildman–Crippen MR) is 102 cm³/mol. The molecule has 0 saturated carbocycles. The summed E-state index contributed by atoms with van der Waals surface area (Å²) >= 11 is 5.98. The van der Waals surface area contributed by atoms with Gasteiger partial charge in [0.05, 0.1) is 11.3 Å². The van der Waals surface area contributed by atoms with Crippen LogP contribution in [0.2, 0.25) is 5.02 Å². The van der Waals surface area contributed by atoms with Crippen molar-refractivity contribution in [1.82, 2.24) is 9.97 Å². The molecule has 0 atom stereocenters. The summed E-state index contributed by atoms with van der Waals surface area (Å²) in [6, 6.07) is 16.1. The van der Waals surface area contributed by atoms with Crippen LogP contribution in [-0.2, 0) is 6.42 Å². The molecule has 3 aromatic rings. The van der Waals surface area contributed by atoms with E-state index in [9.17, 15) is 9.90 Å². The van der Waals surface area contributed by atoms with Gasteiger partial charge in [-0.15, -0.1) is 0 Å². The number of carboxylic acids is 1. The SMILES string of the molecule is O=C(O)c1ccccc1Nc1cc(NCCc2cccc(Cl)c2)ncn1. The summed E-state index contributed by atoms with van der Waals surface area (Å²) in [4.78, 5) is 19.6. The number of nitrogens with zero attached hydrogens (tertiary/aromatic N) is 2. The maximum Gasteiger partial charge on any atom is 0.337 e. The number of rotatable bonds is 7. The molecule has 1 aromatic heterocycles. The molecule has 132 valence electrons. The highest BCUT2D eigenvalue weighted by Crippen LogP contribution is 2.20. The minimum atomic E-state index is -0.998. The second-order valence-electron chi connectivity index (χ2n) is 5.57. The molecule has 0 amide bonds. The monoisotopic (exact) mass is 368 g/mol. The van der Waals surface area contributed by atoms with Gasteiger partial charge in [-0.3, -0.25) is 0 Å². The second kappa shape index (κ2) is 8.31. The second-order valence-corrected chi connectivity index (χ2v) is 6.01. The Balaban J connectivity index is 1.64. The van der Waals surface area contributed by atoms with Crippen molar-refractivity contribution in [2.75, 3.05) is 17.2 Å². The number of anilines is 3. The minimum Gasteiger partial charge on any atom is -0.478 e. The molecular formula is C19H17ClN4O2. The van der Waals surface area contributed by atoms with Crippen LogP contribution in [0.5, 0.6) is 0 Å². The van der Waals surface area contributed by atoms with Crippen LogP contribution in [0.25, 0.3) is 0 Å². The number of nitrogens with one attached hydrogen (secondary N) is 2. The van der Waals surface area contributed by atoms with Crippen molar-refractivity contribution in [1.29, 1.82) is 0 Å². The van der Waals surface area contributed by atoms with E-state index in [2.05, 4.69) is 20.6 Å². The van der Waals surface area contributed by atoms with Gasteiger partial charge in [0.1, 0.15) is 18.0 Å². The lowest BCUT2D eigenvalue weighted by molar-refractivity contribution is 0.0698. The summed E-state index contributed by atoms with van der Waals surface area (Å²) in [5, 5.41) is 16.2. The van der Waals surface area contributed by atoms with E-state index in [-0.39, 0.29) is 5.56 Å². The average Bonchev–Trinajstić information content (AvgIpc) is 2.62. The van der Waals surface area contributed by atoms with Crippen molar-refractivity contribution < 1.29 is 9.90 Å². The molecule has 0 bridgehead atoms. The van der Waals surface area contributed by atoms with Crippen molar-refractivity contribution in [2.45, 2.75) is 6.42 Å². The number of para-hydroxylation sites is 1. The number of hydrogen-bond donors (Lipinski definition) is 3. The van der Waals surface area contributed by atoms with E-state index in [1.807, 2.05) is 24.3 Å². The molecule has 0 unspecified atom stereocenters. The third-order valence-electron chi connectivity index (χ3n) is 3.70. The van der Waals surface area contributed by atoms with Crippen LogP contribution in [0.4, 0.5) is 17.3 Å². The summed E-state index contributed by atoms with van der Waals surface area (Å²) in [6.07, 6.45) is 2.22. The largest absolute Gasteiger partial charge is 0.478 e. The zero-order chi connectivity index (χ0) is 18.4. The van der Waals surface area contributed by atoms with Crippen LogP contribution >= 0.6 is 11.6 Å². The lowest BCUT2D eigenvalue weighted by atomic mass is 10.1. The van der Waals surface area contributed by atoms with Crippen LogP contribution in [0.15, 0.2) is 60.9 Å². The maximum atomic E-state index is 11.3. The van der Waals surface area contributed by atoms with E-state index in [0.717, 1.165) is 12.0 Å². The van der Waals surface area contributed by atoms with Gasteiger partial charge in [-0.1, -0.05) is 35.9 Å². The first kappa shape index (κ1) is 17.7. The van der Waals surface area contributed by atoms with Crippen molar-refractivity contribution >= 4 is 34.9 Å². The summed E-state index contributed by atoms with van der Waals surface area (Å²) in [5.41, 5.74) is 1.79. The number of benzene rings is 2. The Bertz CT molecular complexity index is 917. The van der Waals surface area contributed by atoms with Gasteiger partial charge in [0.25, 0.3) is 0 Å². The van der Waals surface area contributed by atoms with Gasteiger partial charge >= 0.3 is 5.97 Å². The Morgan fingerprint density at radius 2 is 1.85 bits per heavy atom. The maximum absolute atomic E-state index is 11.3. The molecule has 1 heterocycles. The van der Waals surface area contributed by atoms with Crippen LogP contribution in [0.1, 0.15) is 15.9 Å². The number of carbonyl (C=O) groups is 1. The van der Waals surface area contributed by atoms with Crippen LogP contribution < -0.4 is 10.6 Å². The van der Waals surface area contributed by atoms with E-state index in [1.165, 1.54) is 12.4 Å². The van der Waals surface area contributed by atoms with Gasteiger partial charge in [-0.05, 0) is 36.2 Å². The van der Waals surface area contributed by atoms with Gasteiger partial charge in [0.15, 0.2) is 0 Å². The first-order valence-electron chi connectivity index (χ1n) is 8.01. The number of aromatic nitrogens is 2. The van der Waals surface area contributed by atoms with E-state index in [0.29, 0.717) is 28.9 Å². The molecule has 3 N–H and O–H groups in total. The predicted octanol–water partition coefficient (Wildman–Crippen LogP) is 4.23. The quantitative estimate of drug-likeness (QED) is 0.578. The van der Waals surface area contributed by atoms with Crippen molar-refractivity contribution in [3.63, 3.8) is 0 Å². The van der Waals surface area contributed by atoms with E-state index >= 15 is 0 Å². The number of carboxylic acid groups (broad SMARTS) is 1. The molecule has 2 aromatic carbocycles. The topological polar surface area (TPSA) is 87.1 Å². The van der Waals surface area contributed by atoms with Crippen LogP contribution in [-0.4, -0.2) is 27.6 Å². The average molecular weight is 369 g/mol. The fraction of sp³-hybridized carbons (Fsp3) is 0.105. The number of hydrogen-bond acceptors (Lipinski definition) is 5. The zero-order valence-electron chi connectivity index (χ0n) is 13.8. The fourth-order valence-electron chi connectivity index (χ4n) is 2.47. The summed E-state index contributed by atoms with van der Waals surface area (Å²) < 4.78 is 0. The molecule has 0 aliphatic carbocycles. The van der Waals surface area contributed by atoms with Crippen LogP contribution in [0, 0.1) is 0 Å². The lowest BCUT2D eigenvalue weighted by Gasteiger charge is -2.10. The van der Waals surface area contributed by atoms with Crippen molar-refractivity contribution in [2.24, 2.45) is 0 Å². The Hall–Kier alpha value is -3.12. The third kappa shape index (κ3) is 4.70. The van der Waals surface area contributed by atoms with Gasteiger partial charge in [-0.25, -0.2) is 14.8 Å². The molecule has 0 radical (unpaired) electrons. The molecule has 0 spiro atoms. The molecule has 0 aliphatic heterocycles. The standard InChI is InChI=1S/C19H17ClN4O2/c20-14-5-3-4-13(10-14)8-9-21-17-11-18(23-12-22-17)24-16-7-2-1-6-15(16)19(25)26/h1-7,10-12H,8-9H2,(H,25,26)(H2,21,22,23,24). The highest BCUT2D eigenvalue weighted by Gasteiger charge is 2.09. The molecule has 26 heavy (non-hydrogen) atoms. The number of halogens is 1. The van der Waals surface area contributed by atoms with Gasteiger partial charge in [-0.2, -0.15) is 0 Å². The summed E-state index contributed by atoms with van der Waals surface area (Å²) in [7, 11) is 0. The minimum absolute atomic E-state index is 0.182. The molecule has 7 heteroatoms. The van der Waals surface area contributed by atoms with Crippen molar-refractivity contribution in [3.05, 3.63) is 77.1 Å². The first-order chi connectivity index (χ1) is 12.6. The smallest absolute Gasteiger partial charge is 0.337 e. The van der Waals surface area contributed by atoms with Crippen LogP contribution in [0.3, 0.4) is 0 Å².